The van der Waals surface area contributed by atoms with Crippen molar-refractivity contribution >= 4 is 44.9 Å². The van der Waals surface area contributed by atoms with Gasteiger partial charge in [-0.3, -0.25) is 4.31 Å². The molecule has 1 fully saturated rings. The second kappa shape index (κ2) is 6.93. The molecule has 0 spiro atoms. The lowest BCUT2D eigenvalue weighted by molar-refractivity contribution is 0.241. The van der Waals surface area contributed by atoms with Crippen LogP contribution in [0.15, 0.2) is 18.2 Å². The van der Waals surface area contributed by atoms with Crippen LogP contribution in [-0.4, -0.2) is 39.8 Å². The monoisotopic (exact) mass is 365 g/mol. The van der Waals surface area contributed by atoms with Crippen molar-refractivity contribution in [1.82, 2.24) is 10.6 Å². The maximum absolute atomic E-state index is 11.9. The minimum atomic E-state index is -3.50. The van der Waals surface area contributed by atoms with E-state index in [1.54, 1.807) is 6.07 Å². The molecule has 0 aromatic heterocycles. The fourth-order valence-electron chi connectivity index (χ4n) is 1.86. The molecule has 0 bridgehead atoms. The normalized spacial score (nSPS) is 14.5. The molecule has 122 valence electrons. The molecule has 0 aliphatic heterocycles. The third kappa shape index (κ3) is 4.93. The Morgan fingerprint density at radius 2 is 2.00 bits per heavy atom. The number of hydrogen-bond acceptors (Lipinski definition) is 3. The predicted molar refractivity (Wildman–Crippen MR) is 88.2 cm³/mol. The van der Waals surface area contributed by atoms with Crippen LogP contribution in [0.25, 0.3) is 0 Å². The highest BCUT2D eigenvalue weighted by Crippen LogP contribution is 2.28. The van der Waals surface area contributed by atoms with Crippen molar-refractivity contribution in [1.29, 1.82) is 0 Å². The quantitative estimate of drug-likeness (QED) is 0.810. The average Bonchev–Trinajstić information content (AvgIpc) is 3.20. The molecular weight excluding hydrogens is 349 g/mol. The van der Waals surface area contributed by atoms with Crippen LogP contribution in [0.2, 0.25) is 10.0 Å². The van der Waals surface area contributed by atoms with E-state index in [9.17, 15) is 13.2 Å². The summed E-state index contributed by atoms with van der Waals surface area (Å²) in [5.41, 5.74) is 0.404. The number of carbonyl (C=O) groups is 1. The number of halogens is 2. The van der Waals surface area contributed by atoms with Gasteiger partial charge in [-0.1, -0.05) is 23.2 Å². The van der Waals surface area contributed by atoms with Crippen molar-refractivity contribution in [3.8, 4) is 0 Å². The molecule has 1 aromatic carbocycles. The summed E-state index contributed by atoms with van der Waals surface area (Å²) in [5.74, 6) is 0. The van der Waals surface area contributed by atoms with Crippen LogP contribution in [0.1, 0.15) is 12.8 Å². The first-order valence-corrected chi connectivity index (χ1v) is 9.35. The maximum Gasteiger partial charge on any atom is 0.315 e. The molecule has 1 aliphatic rings. The number of carbonyl (C=O) groups excluding carboxylic acids is 1. The molecule has 0 saturated heterocycles. The Morgan fingerprint density at radius 3 is 2.55 bits per heavy atom. The van der Waals surface area contributed by atoms with Gasteiger partial charge in [0, 0.05) is 12.6 Å². The lowest BCUT2D eigenvalue weighted by atomic mass is 10.3. The zero-order valence-corrected chi connectivity index (χ0v) is 14.3. The fraction of sp³-hybridized carbons (Fsp3) is 0.462. The third-order valence-electron chi connectivity index (χ3n) is 3.10. The van der Waals surface area contributed by atoms with E-state index in [4.69, 9.17) is 23.2 Å². The van der Waals surface area contributed by atoms with Crippen molar-refractivity contribution in [3.05, 3.63) is 28.2 Å². The van der Waals surface area contributed by atoms with Crippen LogP contribution in [0.5, 0.6) is 0 Å². The van der Waals surface area contributed by atoms with Crippen molar-refractivity contribution in [2.75, 3.05) is 23.7 Å². The molecule has 1 aromatic rings. The Labute approximate surface area is 139 Å². The minimum absolute atomic E-state index is 0.106. The van der Waals surface area contributed by atoms with Gasteiger partial charge in [0.15, 0.2) is 0 Å². The number of nitrogens with zero attached hydrogens (tertiary/aromatic N) is 1. The maximum atomic E-state index is 11.9. The molecule has 1 aliphatic carbocycles. The molecular formula is C13H17Cl2N3O3S. The van der Waals surface area contributed by atoms with Gasteiger partial charge < -0.3 is 10.6 Å². The number of urea groups is 1. The highest BCUT2D eigenvalue weighted by atomic mass is 35.5. The zero-order chi connectivity index (χ0) is 16.3. The molecule has 9 heteroatoms. The largest absolute Gasteiger partial charge is 0.336 e. The number of sulfonamides is 1. The van der Waals surface area contributed by atoms with Gasteiger partial charge in [0.05, 0.1) is 28.5 Å². The van der Waals surface area contributed by atoms with E-state index in [1.165, 1.54) is 16.4 Å². The van der Waals surface area contributed by atoms with Gasteiger partial charge in [-0.2, -0.15) is 0 Å². The summed E-state index contributed by atoms with van der Waals surface area (Å²) in [6.45, 7) is 0.292. The molecule has 2 rings (SSSR count). The summed E-state index contributed by atoms with van der Waals surface area (Å²) in [5, 5.41) is 6.02. The SMILES string of the molecule is CS(=O)(=O)N(CCNC(=O)NC1CC1)c1ccc(Cl)c(Cl)c1. The van der Waals surface area contributed by atoms with E-state index in [0.717, 1.165) is 19.1 Å². The number of nitrogens with one attached hydrogen (secondary N) is 2. The van der Waals surface area contributed by atoms with Gasteiger partial charge >= 0.3 is 6.03 Å². The minimum Gasteiger partial charge on any atom is -0.336 e. The Morgan fingerprint density at radius 1 is 1.32 bits per heavy atom. The Kier molecular flexibility index (Phi) is 5.41. The van der Waals surface area contributed by atoms with E-state index in [-0.39, 0.29) is 30.2 Å². The molecule has 0 unspecified atom stereocenters. The molecule has 2 amide bonds. The van der Waals surface area contributed by atoms with Gasteiger partial charge in [-0.15, -0.1) is 0 Å². The highest BCUT2D eigenvalue weighted by Gasteiger charge is 2.23. The summed E-state index contributed by atoms with van der Waals surface area (Å²) >= 11 is 11.8. The Hall–Kier alpha value is -1.18. The number of benzene rings is 1. The molecule has 6 nitrogen and oxygen atoms in total. The van der Waals surface area contributed by atoms with Gasteiger partial charge in [0.25, 0.3) is 0 Å². The number of hydrogen-bond donors (Lipinski definition) is 2. The summed E-state index contributed by atoms with van der Waals surface area (Å²) in [6.07, 6.45) is 3.08. The first kappa shape index (κ1) is 17.2. The summed E-state index contributed by atoms with van der Waals surface area (Å²) in [7, 11) is -3.50. The average molecular weight is 366 g/mol. The first-order valence-electron chi connectivity index (χ1n) is 6.74. The number of anilines is 1. The van der Waals surface area contributed by atoms with Gasteiger partial charge in [-0.05, 0) is 31.0 Å². The molecule has 0 radical (unpaired) electrons. The second-order valence-electron chi connectivity index (χ2n) is 5.11. The van der Waals surface area contributed by atoms with Crippen molar-refractivity contribution in [3.63, 3.8) is 0 Å². The van der Waals surface area contributed by atoms with Crippen LogP contribution < -0.4 is 14.9 Å². The molecule has 22 heavy (non-hydrogen) atoms. The zero-order valence-electron chi connectivity index (χ0n) is 12.0. The summed E-state index contributed by atoms with van der Waals surface area (Å²) in [6, 6.07) is 4.55. The molecule has 0 heterocycles. The lowest BCUT2D eigenvalue weighted by Crippen LogP contribution is -2.42. The summed E-state index contributed by atoms with van der Waals surface area (Å²) in [4.78, 5) is 11.5. The van der Waals surface area contributed by atoms with Crippen LogP contribution in [0.3, 0.4) is 0 Å². The first-order chi connectivity index (χ1) is 10.3. The standard InChI is InChI=1S/C13H17Cl2N3O3S/c1-22(20,21)18(10-4-5-11(14)12(15)8-10)7-6-16-13(19)17-9-2-3-9/h4-5,8-9H,2-3,6-7H2,1H3,(H2,16,17,19). The second-order valence-corrected chi connectivity index (χ2v) is 7.83. The van der Waals surface area contributed by atoms with Crippen molar-refractivity contribution < 1.29 is 13.2 Å². The molecule has 1 saturated carbocycles. The predicted octanol–water partition coefficient (Wildman–Crippen LogP) is 2.22. The van der Waals surface area contributed by atoms with E-state index in [2.05, 4.69) is 10.6 Å². The number of amides is 2. The third-order valence-corrected chi connectivity index (χ3v) is 5.04. The Bertz CT molecular complexity index is 662. The van der Waals surface area contributed by atoms with E-state index in [1.807, 2.05) is 0 Å². The van der Waals surface area contributed by atoms with Crippen LogP contribution in [-0.2, 0) is 10.0 Å². The Balaban J connectivity index is 2.00. The smallest absolute Gasteiger partial charge is 0.315 e. The molecule has 2 N–H and O–H groups in total. The van der Waals surface area contributed by atoms with Crippen molar-refractivity contribution in [2.24, 2.45) is 0 Å². The number of rotatable bonds is 6. The summed E-state index contributed by atoms with van der Waals surface area (Å²) < 4.78 is 25.0. The van der Waals surface area contributed by atoms with Gasteiger partial charge in [0.2, 0.25) is 10.0 Å². The fourth-order valence-corrected chi connectivity index (χ4v) is 3.07. The van der Waals surface area contributed by atoms with Crippen LogP contribution >= 0.6 is 23.2 Å². The lowest BCUT2D eigenvalue weighted by Gasteiger charge is -2.23. The van der Waals surface area contributed by atoms with Crippen LogP contribution in [0.4, 0.5) is 10.5 Å². The van der Waals surface area contributed by atoms with Gasteiger partial charge in [-0.25, -0.2) is 13.2 Å². The van der Waals surface area contributed by atoms with Crippen molar-refractivity contribution in [2.45, 2.75) is 18.9 Å². The van der Waals surface area contributed by atoms with E-state index in [0.29, 0.717) is 10.7 Å². The molecule has 0 atom stereocenters. The van der Waals surface area contributed by atoms with E-state index < -0.39 is 10.0 Å². The highest BCUT2D eigenvalue weighted by molar-refractivity contribution is 7.92. The van der Waals surface area contributed by atoms with E-state index >= 15 is 0 Å². The topological polar surface area (TPSA) is 78.5 Å². The van der Waals surface area contributed by atoms with Crippen LogP contribution in [0, 0.1) is 0 Å². The van der Waals surface area contributed by atoms with Gasteiger partial charge in [0.1, 0.15) is 0 Å².